The van der Waals surface area contributed by atoms with E-state index in [1.165, 1.54) is 0 Å². The minimum atomic E-state index is -0.691. The first-order chi connectivity index (χ1) is 15.6. The van der Waals surface area contributed by atoms with Crippen LogP contribution in [0.15, 0.2) is 0 Å². The number of nitrogens with one attached hydrogen (secondary N) is 2. The lowest BCUT2D eigenvalue weighted by molar-refractivity contribution is -0.143. The zero-order valence-electron chi connectivity index (χ0n) is 20.5. The van der Waals surface area contributed by atoms with Crippen LogP contribution in [-0.2, 0) is 14.4 Å². The number of nitrogens with zero attached hydrogens (tertiary/aromatic N) is 1. The number of aliphatic hydroxyl groups is 1. The van der Waals surface area contributed by atoms with Gasteiger partial charge in [0, 0.05) is 22.7 Å². The van der Waals surface area contributed by atoms with Crippen LogP contribution in [0, 0.1) is 17.8 Å². The van der Waals surface area contributed by atoms with E-state index in [0.717, 1.165) is 19.3 Å². The smallest absolute Gasteiger partial charge is 0.244 e. The van der Waals surface area contributed by atoms with Crippen molar-refractivity contribution in [2.75, 3.05) is 13.2 Å². The van der Waals surface area contributed by atoms with E-state index >= 15 is 0 Å². The Morgan fingerprint density at radius 1 is 1.24 bits per heavy atom. The molecule has 3 heterocycles. The van der Waals surface area contributed by atoms with Gasteiger partial charge in [0.1, 0.15) is 6.04 Å². The Bertz CT molecular complexity index is 753. The summed E-state index contributed by atoms with van der Waals surface area (Å²) in [5.41, 5.74) is 0. The zero-order chi connectivity index (χ0) is 24.5. The van der Waals surface area contributed by atoms with E-state index in [4.69, 9.17) is 0 Å². The number of carbonyl (C=O) groups excluding carboxylic acids is 3. The standard InChI is InChI=1S/C24H40BrN3O4S/c1-6-8-14(5)27-22(31)20-24-11-16(25)19(33-24)17(21(30)26-9-7-2)18(24)23(32)28(20)15(12-29)10-13(3)4/h13-20,29H,6-12H2,1-5H3,(H,26,30)(H,27,31)/t14?,15-,16?,17-,18+,19-,20?,24?/m1/s1. The molecule has 3 N–H and O–H groups in total. The molecule has 9 heteroatoms. The lowest BCUT2D eigenvalue weighted by atomic mass is 9.70. The fourth-order valence-electron chi connectivity index (χ4n) is 6.07. The molecule has 188 valence electrons. The minimum absolute atomic E-state index is 0.000373. The Morgan fingerprint density at radius 2 is 1.94 bits per heavy atom. The summed E-state index contributed by atoms with van der Waals surface area (Å²) in [6.45, 7) is 10.6. The average molecular weight is 547 g/mol. The van der Waals surface area contributed by atoms with Crippen LogP contribution in [0.4, 0.5) is 0 Å². The van der Waals surface area contributed by atoms with E-state index in [9.17, 15) is 19.5 Å². The van der Waals surface area contributed by atoms with Crippen LogP contribution in [0.1, 0.15) is 66.7 Å². The van der Waals surface area contributed by atoms with Gasteiger partial charge in [-0.3, -0.25) is 14.4 Å². The lowest BCUT2D eigenvalue weighted by Crippen LogP contribution is -2.58. The predicted octanol–water partition coefficient (Wildman–Crippen LogP) is 2.69. The van der Waals surface area contributed by atoms with E-state index < -0.39 is 28.7 Å². The zero-order valence-corrected chi connectivity index (χ0v) is 22.9. The molecule has 7 nitrogen and oxygen atoms in total. The fraction of sp³-hybridized carbons (Fsp3) is 0.875. The quantitative estimate of drug-likeness (QED) is 0.346. The van der Waals surface area contributed by atoms with Gasteiger partial charge in [0.15, 0.2) is 0 Å². The highest BCUT2D eigenvalue weighted by Crippen LogP contribution is 2.68. The molecule has 0 aromatic heterocycles. The molecular formula is C24H40BrN3O4S. The Kier molecular flexibility index (Phi) is 8.82. The van der Waals surface area contributed by atoms with Gasteiger partial charge in [-0.05, 0) is 38.5 Å². The number of likely N-dealkylation sites (tertiary alicyclic amines) is 1. The molecule has 3 rings (SSSR count). The van der Waals surface area contributed by atoms with E-state index in [2.05, 4.69) is 47.3 Å². The SMILES string of the molecule is CCCNC(=O)[C@H]1[C@@H]2SC3(CC2Br)C(C(=O)NC(C)CCC)N([C@@H](CO)CC(C)C)C(=O)[C@H]13. The number of rotatable bonds is 11. The topological polar surface area (TPSA) is 98.7 Å². The molecule has 0 saturated carbocycles. The number of carbonyl (C=O) groups is 3. The van der Waals surface area contributed by atoms with Gasteiger partial charge in [-0.15, -0.1) is 11.8 Å². The van der Waals surface area contributed by atoms with Crippen molar-refractivity contribution in [3.8, 4) is 0 Å². The Hall–Kier alpha value is -0.800. The van der Waals surface area contributed by atoms with E-state index in [1.54, 1.807) is 16.7 Å². The van der Waals surface area contributed by atoms with Crippen molar-refractivity contribution in [2.45, 2.75) is 99.7 Å². The number of alkyl halides is 1. The highest BCUT2D eigenvalue weighted by molar-refractivity contribution is 9.09. The van der Waals surface area contributed by atoms with Crippen LogP contribution in [0.2, 0.25) is 0 Å². The maximum Gasteiger partial charge on any atom is 0.244 e. The van der Waals surface area contributed by atoms with Crippen LogP contribution in [0.5, 0.6) is 0 Å². The number of hydrogen-bond donors (Lipinski definition) is 3. The van der Waals surface area contributed by atoms with E-state index in [0.29, 0.717) is 19.4 Å². The third-order valence-electron chi connectivity index (χ3n) is 7.29. The molecule has 0 aromatic carbocycles. The first-order valence-corrected chi connectivity index (χ1v) is 14.2. The summed E-state index contributed by atoms with van der Waals surface area (Å²) in [6.07, 6.45) is 3.90. The molecule has 3 fully saturated rings. The normalized spacial score (nSPS) is 34.5. The van der Waals surface area contributed by atoms with E-state index in [-0.39, 0.29) is 46.4 Å². The molecule has 3 aliphatic heterocycles. The van der Waals surface area contributed by atoms with Crippen molar-refractivity contribution in [1.82, 2.24) is 15.5 Å². The number of aliphatic hydroxyl groups excluding tert-OH is 1. The Balaban J connectivity index is 2.03. The molecule has 1 spiro atoms. The van der Waals surface area contributed by atoms with Gasteiger partial charge in [-0.25, -0.2) is 0 Å². The number of amides is 3. The lowest BCUT2D eigenvalue weighted by Gasteiger charge is -2.38. The summed E-state index contributed by atoms with van der Waals surface area (Å²) >= 11 is 5.42. The summed E-state index contributed by atoms with van der Waals surface area (Å²) in [7, 11) is 0. The molecule has 3 saturated heterocycles. The average Bonchev–Trinajstić information content (AvgIpc) is 3.33. The molecule has 0 aliphatic carbocycles. The van der Waals surface area contributed by atoms with Gasteiger partial charge < -0.3 is 20.6 Å². The Morgan fingerprint density at radius 3 is 2.52 bits per heavy atom. The van der Waals surface area contributed by atoms with Crippen LogP contribution in [-0.4, -0.2) is 73.8 Å². The van der Waals surface area contributed by atoms with E-state index in [1.807, 2.05) is 13.8 Å². The monoisotopic (exact) mass is 545 g/mol. The van der Waals surface area contributed by atoms with Crippen molar-refractivity contribution in [3.05, 3.63) is 0 Å². The predicted molar refractivity (Wildman–Crippen MR) is 135 cm³/mol. The van der Waals surface area contributed by atoms with Crippen LogP contribution < -0.4 is 10.6 Å². The van der Waals surface area contributed by atoms with Crippen LogP contribution >= 0.6 is 27.7 Å². The van der Waals surface area contributed by atoms with Gasteiger partial charge in [-0.1, -0.05) is 50.0 Å². The number of halogens is 1. The maximum absolute atomic E-state index is 14.0. The molecule has 4 unspecified atom stereocenters. The summed E-state index contributed by atoms with van der Waals surface area (Å²) < 4.78 is -0.662. The van der Waals surface area contributed by atoms with Gasteiger partial charge in [0.2, 0.25) is 17.7 Å². The molecule has 3 aliphatic rings. The van der Waals surface area contributed by atoms with Crippen molar-refractivity contribution in [2.24, 2.45) is 17.8 Å². The molecule has 33 heavy (non-hydrogen) atoms. The highest BCUT2D eigenvalue weighted by atomic mass is 79.9. The van der Waals surface area contributed by atoms with Crippen molar-refractivity contribution in [3.63, 3.8) is 0 Å². The third kappa shape index (κ3) is 4.83. The second-order valence-electron chi connectivity index (χ2n) is 10.4. The minimum Gasteiger partial charge on any atom is -0.394 e. The molecular weight excluding hydrogens is 506 g/mol. The number of thioether (sulfide) groups is 1. The molecule has 2 bridgehead atoms. The summed E-state index contributed by atoms with van der Waals surface area (Å²) in [6, 6.07) is -1.13. The maximum atomic E-state index is 14.0. The number of hydrogen-bond acceptors (Lipinski definition) is 5. The molecule has 0 radical (unpaired) electrons. The van der Waals surface area contributed by atoms with Crippen LogP contribution in [0.25, 0.3) is 0 Å². The third-order valence-corrected chi connectivity index (χ3v) is 10.5. The summed E-state index contributed by atoms with van der Waals surface area (Å²) in [5.74, 6) is -1.16. The number of fused-ring (bicyclic) bond motifs is 1. The van der Waals surface area contributed by atoms with Gasteiger partial charge in [0.25, 0.3) is 0 Å². The first kappa shape index (κ1) is 26.8. The summed E-state index contributed by atoms with van der Waals surface area (Å²) in [5, 5.41) is 16.4. The highest BCUT2D eigenvalue weighted by Gasteiger charge is 2.76. The largest absolute Gasteiger partial charge is 0.394 e. The van der Waals surface area contributed by atoms with Gasteiger partial charge in [-0.2, -0.15) is 0 Å². The molecule has 8 atom stereocenters. The first-order valence-electron chi connectivity index (χ1n) is 12.5. The van der Waals surface area contributed by atoms with Crippen molar-refractivity contribution in [1.29, 1.82) is 0 Å². The second kappa shape index (κ2) is 10.9. The van der Waals surface area contributed by atoms with Crippen LogP contribution in [0.3, 0.4) is 0 Å². The molecule has 0 aromatic rings. The Labute approximate surface area is 210 Å². The van der Waals surface area contributed by atoms with Crippen molar-refractivity contribution >= 4 is 45.4 Å². The summed E-state index contributed by atoms with van der Waals surface area (Å²) in [4.78, 5) is 42.7. The van der Waals surface area contributed by atoms with Gasteiger partial charge >= 0.3 is 0 Å². The fourth-order valence-corrected chi connectivity index (χ4v) is 9.67. The van der Waals surface area contributed by atoms with Gasteiger partial charge in [0.05, 0.1) is 29.2 Å². The molecule has 3 amide bonds. The second-order valence-corrected chi connectivity index (χ2v) is 13.1. The van der Waals surface area contributed by atoms with Crippen molar-refractivity contribution < 1.29 is 19.5 Å².